The highest BCUT2D eigenvalue weighted by atomic mass is 16.5. The standard InChI is InChI=1S/C26H27NO4/c28-24-18-10-19-23-21(31-25(19)24)9-13(22(18)23)11-27-26(29)30-12-20-16-7-3-1-5-14(16)15-6-2-4-8-17(15)20/h1-8,13,18-25,28H,9-12H2,(H,27,29)/t13-,18+,19-,21+,22+,23+,24+,25+/m1/s1. The molecule has 2 N–H and O–H groups in total. The van der Waals surface area contributed by atoms with Crippen LogP contribution in [0.1, 0.15) is 29.9 Å². The Balaban J connectivity index is 1.01. The van der Waals surface area contributed by atoms with Crippen molar-refractivity contribution in [2.24, 2.45) is 29.6 Å². The smallest absolute Gasteiger partial charge is 0.407 e. The Kier molecular flexibility index (Phi) is 3.86. The van der Waals surface area contributed by atoms with Crippen LogP contribution in [0.15, 0.2) is 48.5 Å². The second kappa shape index (κ2) is 6.57. The molecule has 5 nitrogen and oxygen atoms in total. The van der Waals surface area contributed by atoms with E-state index in [0.717, 1.165) is 12.8 Å². The zero-order valence-corrected chi connectivity index (χ0v) is 17.3. The Bertz CT molecular complexity index is 1010. The first-order chi connectivity index (χ1) is 15.2. The van der Waals surface area contributed by atoms with Crippen molar-refractivity contribution in [2.75, 3.05) is 13.2 Å². The van der Waals surface area contributed by atoms with Crippen LogP contribution in [0, 0.1) is 29.6 Å². The lowest BCUT2D eigenvalue weighted by Crippen LogP contribution is -2.41. The number of amides is 1. The van der Waals surface area contributed by atoms with Crippen molar-refractivity contribution in [3.05, 3.63) is 59.7 Å². The molecule has 160 valence electrons. The molecule has 4 fully saturated rings. The van der Waals surface area contributed by atoms with Gasteiger partial charge in [-0.3, -0.25) is 0 Å². The summed E-state index contributed by atoms with van der Waals surface area (Å²) in [7, 11) is 0. The molecule has 2 aromatic rings. The maximum Gasteiger partial charge on any atom is 0.407 e. The number of aliphatic hydroxyl groups is 1. The van der Waals surface area contributed by atoms with E-state index >= 15 is 0 Å². The lowest BCUT2D eigenvalue weighted by Gasteiger charge is -2.32. The summed E-state index contributed by atoms with van der Waals surface area (Å²) in [6.07, 6.45) is 1.78. The molecule has 0 aromatic heterocycles. The van der Waals surface area contributed by atoms with Crippen LogP contribution in [0.25, 0.3) is 11.1 Å². The van der Waals surface area contributed by atoms with E-state index in [1.165, 1.54) is 22.3 Å². The first kappa shape index (κ1) is 18.2. The second-order valence-electron chi connectivity index (χ2n) is 10.1. The molecule has 2 aromatic carbocycles. The first-order valence-electron chi connectivity index (χ1n) is 11.6. The van der Waals surface area contributed by atoms with E-state index in [4.69, 9.17) is 9.47 Å². The molecule has 1 saturated heterocycles. The van der Waals surface area contributed by atoms with E-state index in [9.17, 15) is 9.90 Å². The summed E-state index contributed by atoms with van der Waals surface area (Å²) < 4.78 is 11.9. The average molecular weight is 418 g/mol. The fraction of sp³-hybridized carbons (Fsp3) is 0.500. The third kappa shape index (κ3) is 2.48. The van der Waals surface area contributed by atoms with Crippen LogP contribution >= 0.6 is 0 Å². The number of alkyl carbamates (subject to hydrolysis) is 1. The SMILES string of the molecule is O=C(NC[C@H]1C[C@@H]2O[C@@H]3[C@@H](O)[C@H]4C[C@@H]3[C@@H]2[C@@H]14)OCC1c2ccccc2-c2ccccc21. The number of hydrogen-bond donors (Lipinski definition) is 2. The molecule has 1 aliphatic heterocycles. The van der Waals surface area contributed by atoms with Gasteiger partial charge in [0.1, 0.15) is 6.61 Å². The average Bonchev–Trinajstić information content (AvgIpc) is 3.54. The largest absolute Gasteiger partial charge is 0.449 e. The molecular weight excluding hydrogens is 390 g/mol. The van der Waals surface area contributed by atoms with Crippen molar-refractivity contribution >= 4 is 6.09 Å². The first-order valence-corrected chi connectivity index (χ1v) is 11.6. The highest BCUT2D eigenvalue weighted by Crippen LogP contribution is 2.66. The van der Waals surface area contributed by atoms with Gasteiger partial charge in [-0.25, -0.2) is 4.79 Å². The number of carbonyl (C=O) groups excluding carboxylic acids is 1. The van der Waals surface area contributed by atoms with Crippen molar-refractivity contribution in [3.63, 3.8) is 0 Å². The summed E-state index contributed by atoms with van der Waals surface area (Å²) >= 11 is 0. The van der Waals surface area contributed by atoms with Crippen molar-refractivity contribution in [1.82, 2.24) is 5.32 Å². The summed E-state index contributed by atoms with van der Waals surface area (Å²) in [5.41, 5.74) is 4.92. The third-order valence-electron chi connectivity index (χ3n) is 8.87. The molecule has 0 unspecified atom stereocenters. The second-order valence-corrected chi connectivity index (χ2v) is 10.1. The molecule has 8 atom stereocenters. The number of nitrogens with one attached hydrogen (secondary N) is 1. The van der Waals surface area contributed by atoms with Gasteiger partial charge in [-0.05, 0) is 64.7 Å². The summed E-state index contributed by atoms with van der Waals surface area (Å²) in [6, 6.07) is 16.8. The Morgan fingerprint density at radius 2 is 1.71 bits per heavy atom. The molecule has 1 heterocycles. The van der Waals surface area contributed by atoms with Crippen molar-refractivity contribution in [2.45, 2.75) is 37.1 Å². The number of aliphatic hydroxyl groups excluding tert-OH is 1. The molecule has 7 rings (SSSR count). The highest BCUT2D eigenvalue weighted by molar-refractivity contribution is 5.79. The van der Waals surface area contributed by atoms with E-state index in [1.54, 1.807) is 0 Å². The van der Waals surface area contributed by atoms with Crippen LogP contribution in [0.3, 0.4) is 0 Å². The molecule has 5 aliphatic rings. The minimum atomic E-state index is -0.346. The molecule has 0 radical (unpaired) electrons. The van der Waals surface area contributed by atoms with Gasteiger partial charge in [-0.15, -0.1) is 0 Å². The van der Waals surface area contributed by atoms with E-state index < -0.39 is 0 Å². The van der Waals surface area contributed by atoms with E-state index in [2.05, 4.69) is 41.7 Å². The van der Waals surface area contributed by atoms with Gasteiger partial charge in [0.2, 0.25) is 0 Å². The van der Waals surface area contributed by atoms with Crippen LogP contribution in [-0.2, 0) is 9.47 Å². The van der Waals surface area contributed by atoms with Gasteiger partial charge in [0.25, 0.3) is 0 Å². The lowest BCUT2D eigenvalue weighted by molar-refractivity contribution is -0.0568. The van der Waals surface area contributed by atoms with Crippen molar-refractivity contribution < 1.29 is 19.4 Å². The number of ether oxygens (including phenoxy) is 2. The van der Waals surface area contributed by atoms with E-state index in [0.29, 0.717) is 42.7 Å². The normalized spacial score (nSPS) is 38.4. The Hall–Kier alpha value is -2.37. The molecule has 4 aliphatic carbocycles. The number of benzene rings is 2. The van der Waals surface area contributed by atoms with Crippen molar-refractivity contribution in [3.8, 4) is 11.1 Å². The zero-order valence-electron chi connectivity index (χ0n) is 17.3. The molecule has 0 spiro atoms. The summed E-state index contributed by atoms with van der Waals surface area (Å²) in [5, 5.41) is 13.6. The lowest BCUT2D eigenvalue weighted by atomic mass is 9.76. The maximum atomic E-state index is 12.6. The van der Waals surface area contributed by atoms with Crippen LogP contribution in [0.5, 0.6) is 0 Å². The molecule has 1 amide bonds. The number of fused-ring (bicyclic) bond motifs is 5. The van der Waals surface area contributed by atoms with Gasteiger partial charge in [0.05, 0.1) is 18.3 Å². The molecule has 3 saturated carbocycles. The van der Waals surface area contributed by atoms with E-state index in [-0.39, 0.29) is 30.3 Å². The summed E-state index contributed by atoms with van der Waals surface area (Å²) in [5.74, 6) is 2.41. The topological polar surface area (TPSA) is 67.8 Å². The monoisotopic (exact) mass is 417 g/mol. The molecule has 2 bridgehead atoms. The Morgan fingerprint density at radius 1 is 1.00 bits per heavy atom. The molecule has 5 heteroatoms. The van der Waals surface area contributed by atoms with Gasteiger partial charge in [0, 0.05) is 12.5 Å². The predicted octanol–water partition coefficient (Wildman–Crippen LogP) is 3.56. The number of rotatable bonds is 4. The minimum Gasteiger partial charge on any atom is -0.449 e. The maximum absolute atomic E-state index is 12.6. The van der Waals surface area contributed by atoms with Crippen molar-refractivity contribution in [1.29, 1.82) is 0 Å². The zero-order chi connectivity index (χ0) is 20.7. The van der Waals surface area contributed by atoms with Gasteiger partial charge < -0.3 is 19.9 Å². The number of hydrogen-bond acceptors (Lipinski definition) is 4. The minimum absolute atomic E-state index is 0.0762. The third-order valence-corrected chi connectivity index (χ3v) is 8.87. The molecule has 31 heavy (non-hydrogen) atoms. The fourth-order valence-corrected chi connectivity index (χ4v) is 7.83. The van der Waals surface area contributed by atoms with Gasteiger partial charge in [0.15, 0.2) is 0 Å². The van der Waals surface area contributed by atoms with Crippen LogP contribution < -0.4 is 5.32 Å². The highest BCUT2D eigenvalue weighted by Gasteiger charge is 2.69. The van der Waals surface area contributed by atoms with Gasteiger partial charge in [-0.1, -0.05) is 48.5 Å². The van der Waals surface area contributed by atoms with Crippen LogP contribution in [0.4, 0.5) is 4.79 Å². The summed E-state index contributed by atoms with van der Waals surface area (Å²) in [6.45, 7) is 0.950. The Morgan fingerprint density at radius 3 is 2.45 bits per heavy atom. The van der Waals surface area contributed by atoms with Crippen LogP contribution in [-0.4, -0.2) is 42.7 Å². The molecular formula is C26H27NO4. The van der Waals surface area contributed by atoms with E-state index in [1.807, 2.05) is 12.1 Å². The van der Waals surface area contributed by atoms with Gasteiger partial charge >= 0.3 is 6.09 Å². The van der Waals surface area contributed by atoms with Gasteiger partial charge in [-0.2, -0.15) is 0 Å². The predicted molar refractivity (Wildman–Crippen MR) is 114 cm³/mol. The quantitative estimate of drug-likeness (QED) is 0.798. The Labute approximate surface area is 181 Å². The van der Waals surface area contributed by atoms with Crippen LogP contribution in [0.2, 0.25) is 0 Å². The summed E-state index contributed by atoms with van der Waals surface area (Å²) in [4.78, 5) is 12.6. The number of carbonyl (C=O) groups is 1. The fourth-order valence-electron chi connectivity index (χ4n) is 7.83.